The lowest BCUT2D eigenvalue weighted by molar-refractivity contribution is -0.145. The molecule has 17 heavy (non-hydrogen) atoms. The minimum Gasteiger partial charge on any atom is -0.264 e. The van der Waals surface area contributed by atoms with Crippen molar-refractivity contribution in [2.75, 3.05) is 12.4 Å². The Labute approximate surface area is 93.8 Å². The van der Waals surface area contributed by atoms with Gasteiger partial charge in [-0.25, -0.2) is 8.42 Å². The Kier molecular flexibility index (Phi) is 2.25. The molecule has 100 valence electrons. The first-order chi connectivity index (χ1) is 7.41. The first-order valence-corrected chi connectivity index (χ1v) is 7.34. The van der Waals surface area contributed by atoms with E-state index >= 15 is 0 Å². The highest BCUT2D eigenvalue weighted by Gasteiger charge is 2.84. The maximum absolute atomic E-state index is 13.5. The van der Waals surface area contributed by atoms with Crippen molar-refractivity contribution in [3.05, 3.63) is 0 Å². The van der Waals surface area contributed by atoms with Crippen LogP contribution in [-0.2, 0) is 24.1 Å². The number of rotatable bonds is 0. The topological polar surface area (TPSA) is 77.5 Å². The molecule has 0 aliphatic carbocycles. The molecule has 0 N–H and O–H groups in total. The number of hydrogen-bond acceptors (Lipinski definition) is 5. The van der Waals surface area contributed by atoms with Crippen molar-refractivity contribution in [2.24, 2.45) is 5.41 Å². The van der Waals surface area contributed by atoms with Gasteiger partial charge in [0.25, 0.3) is 0 Å². The predicted octanol–water partition coefficient (Wildman–Crippen LogP) is 0.337. The normalized spacial score (nSPS) is 40.7. The van der Waals surface area contributed by atoms with Gasteiger partial charge >= 0.3 is 20.6 Å². The monoisotopic (exact) mass is 298 g/mol. The summed E-state index contributed by atoms with van der Waals surface area (Å²) in [5, 5.41) is -9.75. The molecule has 5 nitrogen and oxygen atoms in total. The zero-order chi connectivity index (χ0) is 13.3. The highest BCUT2D eigenvalue weighted by atomic mass is 32.2. The Hall–Kier alpha value is -0.420. The second-order valence-electron chi connectivity index (χ2n) is 3.90. The van der Waals surface area contributed by atoms with Crippen molar-refractivity contribution in [3.8, 4) is 0 Å². The second-order valence-corrected chi connectivity index (χ2v) is 7.71. The minimum absolute atomic E-state index is 1.16. The van der Waals surface area contributed by atoms with Crippen molar-refractivity contribution < 1.29 is 38.6 Å². The number of hydrogen-bond donors (Lipinski definition) is 0. The molecule has 0 aromatic heterocycles. The number of sulfone groups is 1. The summed E-state index contributed by atoms with van der Waals surface area (Å²) in [7, 11) is -10.6. The zero-order valence-corrected chi connectivity index (χ0v) is 9.62. The Morgan fingerprint density at radius 3 is 1.76 bits per heavy atom. The molecule has 2 rings (SSSR count). The van der Waals surface area contributed by atoms with Gasteiger partial charge < -0.3 is 0 Å². The highest BCUT2D eigenvalue weighted by Crippen LogP contribution is 2.63. The molecule has 0 aromatic rings. The van der Waals surface area contributed by atoms with Crippen LogP contribution in [0.3, 0.4) is 0 Å². The second kappa shape index (κ2) is 2.94. The molecule has 1 spiro atoms. The van der Waals surface area contributed by atoms with E-state index in [1.54, 1.807) is 0 Å². The number of halogens is 4. The largest absolute Gasteiger partial charge is 0.384 e. The van der Waals surface area contributed by atoms with Crippen molar-refractivity contribution in [2.45, 2.75) is 16.9 Å². The average Bonchev–Trinajstić information content (AvgIpc) is 2.43. The minimum atomic E-state index is -5.52. The van der Waals surface area contributed by atoms with Crippen molar-refractivity contribution in [3.63, 3.8) is 0 Å². The lowest BCUT2D eigenvalue weighted by atomic mass is 9.86. The van der Waals surface area contributed by atoms with Crippen molar-refractivity contribution in [1.82, 2.24) is 0 Å². The molecule has 0 aromatic carbocycles. The average molecular weight is 298 g/mol. The summed E-state index contributed by atoms with van der Waals surface area (Å²) in [6, 6.07) is 0. The maximum atomic E-state index is 13.5. The van der Waals surface area contributed by atoms with E-state index in [0.29, 0.717) is 0 Å². The molecule has 2 aliphatic rings. The third-order valence-corrected chi connectivity index (χ3v) is 6.44. The predicted molar refractivity (Wildman–Crippen MR) is 45.6 cm³/mol. The van der Waals surface area contributed by atoms with Crippen molar-refractivity contribution >= 4 is 20.0 Å². The lowest BCUT2D eigenvalue weighted by Crippen LogP contribution is -2.53. The first-order valence-electron chi connectivity index (χ1n) is 4.28. The fraction of sp³-hybridized carbons (Fsp3) is 1.00. The van der Waals surface area contributed by atoms with E-state index in [1.807, 2.05) is 0 Å². The summed E-state index contributed by atoms with van der Waals surface area (Å²) in [5.41, 5.74) is -3.52. The van der Waals surface area contributed by atoms with Crippen LogP contribution in [0.15, 0.2) is 0 Å². The summed E-state index contributed by atoms with van der Waals surface area (Å²) in [5.74, 6) is -1.20. The van der Waals surface area contributed by atoms with Gasteiger partial charge in [-0.1, -0.05) is 0 Å². The summed E-state index contributed by atoms with van der Waals surface area (Å²) in [4.78, 5) is 0. The first kappa shape index (κ1) is 13.0. The standard InChI is InChI=1S/C6H6F4O5S2/c7-5(8)4(1-2-16(5,11)12)3-15-17(13,14)6(4,9)10/h1-3H2. The van der Waals surface area contributed by atoms with Gasteiger partial charge in [0.2, 0.25) is 9.84 Å². The Balaban J connectivity index is 2.71. The van der Waals surface area contributed by atoms with Crippen molar-refractivity contribution in [1.29, 1.82) is 0 Å². The lowest BCUT2D eigenvalue weighted by Gasteiger charge is -2.30. The van der Waals surface area contributed by atoms with E-state index in [0.717, 1.165) is 0 Å². The molecular formula is C6H6F4O5S2. The van der Waals surface area contributed by atoms with Gasteiger partial charge in [0, 0.05) is 0 Å². The van der Waals surface area contributed by atoms with E-state index in [1.165, 1.54) is 0 Å². The van der Waals surface area contributed by atoms with E-state index in [9.17, 15) is 34.4 Å². The molecule has 0 amide bonds. The van der Waals surface area contributed by atoms with Gasteiger partial charge in [0.15, 0.2) is 5.41 Å². The van der Waals surface area contributed by atoms with E-state index < -0.39 is 54.7 Å². The molecule has 1 atom stereocenters. The maximum Gasteiger partial charge on any atom is 0.384 e. The van der Waals surface area contributed by atoms with Gasteiger partial charge in [0.1, 0.15) is 0 Å². The van der Waals surface area contributed by atoms with E-state index in [2.05, 4.69) is 4.18 Å². The molecule has 0 saturated carbocycles. The summed E-state index contributed by atoms with van der Waals surface area (Å²) < 4.78 is 101. The van der Waals surface area contributed by atoms with Gasteiger partial charge in [-0.3, -0.25) is 4.18 Å². The van der Waals surface area contributed by atoms with Crippen LogP contribution < -0.4 is 0 Å². The van der Waals surface area contributed by atoms with Crippen LogP contribution in [0, 0.1) is 5.41 Å². The van der Waals surface area contributed by atoms with Gasteiger partial charge in [-0.15, -0.1) is 0 Å². The van der Waals surface area contributed by atoms with E-state index in [4.69, 9.17) is 0 Å². The fourth-order valence-corrected chi connectivity index (χ4v) is 5.02. The Morgan fingerprint density at radius 1 is 0.941 bits per heavy atom. The third kappa shape index (κ3) is 1.17. The molecule has 0 radical (unpaired) electrons. The van der Waals surface area contributed by atoms with Crippen LogP contribution in [0.2, 0.25) is 0 Å². The molecule has 1 unspecified atom stereocenters. The summed E-state index contributed by atoms with van der Waals surface area (Å²) >= 11 is 0. The molecule has 11 heteroatoms. The van der Waals surface area contributed by atoms with Crippen LogP contribution in [0.25, 0.3) is 0 Å². The highest BCUT2D eigenvalue weighted by molar-refractivity contribution is 7.93. The fourth-order valence-electron chi connectivity index (χ4n) is 1.93. The summed E-state index contributed by atoms with van der Waals surface area (Å²) in [6.07, 6.45) is -1.16. The van der Waals surface area contributed by atoms with Crippen LogP contribution >= 0.6 is 0 Å². The molecule has 2 fully saturated rings. The Bertz CT molecular complexity index is 511. The molecule has 2 heterocycles. The van der Waals surface area contributed by atoms with Crippen LogP contribution in [0.5, 0.6) is 0 Å². The third-order valence-electron chi connectivity index (χ3n) is 3.08. The van der Waals surface area contributed by atoms with Crippen LogP contribution in [0.4, 0.5) is 17.6 Å². The van der Waals surface area contributed by atoms with Crippen LogP contribution in [0.1, 0.15) is 6.42 Å². The molecular weight excluding hydrogens is 292 g/mol. The van der Waals surface area contributed by atoms with E-state index in [-0.39, 0.29) is 0 Å². The molecule has 2 aliphatic heterocycles. The SMILES string of the molecule is O=S1(=O)CCC2(COS(=O)(=O)C2(F)F)C1(F)F. The smallest absolute Gasteiger partial charge is 0.264 e. The number of alkyl halides is 4. The quantitative estimate of drug-likeness (QED) is 0.476. The molecule has 2 saturated heterocycles. The van der Waals surface area contributed by atoms with Crippen LogP contribution in [-0.4, -0.2) is 39.7 Å². The van der Waals surface area contributed by atoms with Gasteiger partial charge in [0.05, 0.1) is 12.4 Å². The Morgan fingerprint density at radius 2 is 1.47 bits per heavy atom. The van der Waals surface area contributed by atoms with Gasteiger partial charge in [-0.05, 0) is 6.42 Å². The summed E-state index contributed by atoms with van der Waals surface area (Å²) in [6.45, 7) is -1.53. The van der Waals surface area contributed by atoms with Gasteiger partial charge in [-0.2, -0.15) is 26.0 Å². The zero-order valence-electron chi connectivity index (χ0n) is 7.99. The molecule has 0 bridgehead atoms.